The number of nitrogens with one attached hydrogen (secondary N) is 1. The molecule has 0 heterocycles. The summed E-state index contributed by atoms with van der Waals surface area (Å²) in [6.45, 7) is 0.509. The van der Waals surface area contributed by atoms with Crippen molar-refractivity contribution in [1.82, 2.24) is 10.2 Å². The number of aryl methyl sites for hydroxylation is 1. The quantitative estimate of drug-likeness (QED) is 0.736. The van der Waals surface area contributed by atoms with E-state index in [1.165, 1.54) is 0 Å². The van der Waals surface area contributed by atoms with Gasteiger partial charge in [-0.1, -0.05) is 36.4 Å². The molecular weight excluding hydrogens is 344 g/mol. The normalized spacial score (nSPS) is 10.2. The second-order valence-corrected chi connectivity index (χ2v) is 6.20. The molecule has 144 valence electrons. The molecule has 0 aliphatic rings. The Morgan fingerprint density at radius 3 is 2.33 bits per heavy atom. The monoisotopic (exact) mass is 370 g/mol. The van der Waals surface area contributed by atoms with Gasteiger partial charge in [-0.15, -0.1) is 0 Å². The van der Waals surface area contributed by atoms with Gasteiger partial charge in [-0.3, -0.25) is 9.59 Å². The van der Waals surface area contributed by atoms with Crippen LogP contribution in [-0.4, -0.2) is 44.5 Å². The number of rotatable bonds is 9. The zero-order valence-corrected chi connectivity index (χ0v) is 16.0. The second kappa shape index (κ2) is 10.2. The lowest BCUT2D eigenvalue weighted by Crippen LogP contribution is -2.37. The van der Waals surface area contributed by atoms with Crippen LogP contribution >= 0.6 is 0 Å². The fourth-order valence-electron chi connectivity index (χ4n) is 2.64. The van der Waals surface area contributed by atoms with Gasteiger partial charge in [-0.2, -0.15) is 0 Å². The molecule has 0 aliphatic heterocycles. The van der Waals surface area contributed by atoms with Crippen molar-refractivity contribution < 1.29 is 19.1 Å². The SMILES string of the molecule is COc1ccc(CCC(=O)NCC(=O)N(C)Cc2ccccc2)cc1OC. The van der Waals surface area contributed by atoms with Crippen LogP contribution in [0.15, 0.2) is 48.5 Å². The molecule has 2 aromatic rings. The van der Waals surface area contributed by atoms with E-state index in [9.17, 15) is 9.59 Å². The van der Waals surface area contributed by atoms with Gasteiger partial charge in [0.2, 0.25) is 11.8 Å². The van der Waals surface area contributed by atoms with Crippen LogP contribution in [-0.2, 0) is 22.6 Å². The number of hydrogen-bond acceptors (Lipinski definition) is 4. The van der Waals surface area contributed by atoms with Gasteiger partial charge in [0.15, 0.2) is 11.5 Å². The van der Waals surface area contributed by atoms with Gasteiger partial charge in [0.05, 0.1) is 20.8 Å². The summed E-state index contributed by atoms with van der Waals surface area (Å²) in [5.74, 6) is 0.996. The Morgan fingerprint density at radius 1 is 0.963 bits per heavy atom. The van der Waals surface area contributed by atoms with Crippen LogP contribution in [0, 0.1) is 0 Å². The van der Waals surface area contributed by atoms with Crippen LogP contribution in [0.4, 0.5) is 0 Å². The summed E-state index contributed by atoms with van der Waals surface area (Å²) in [5.41, 5.74) is 2.02. The van der Waals surface area contributed by atoms with Crippen molar-refractivity contribution in [1.29, 1.82) is 0 Å². The molecule has 2 aromatic carbocycles. The van der Waals surface area contributed by atoms with E-state index in [-0.39, 0.29) is 18.4 Å². The molecule has 6 nitrogen and oxygen atoms in total. The van der Waals surface area contributed by atoms with E-state index in [1.807, 2.05) is 48.5 Å². The summed E-state index contributed by atoms with van der Waals surface area (Å²) >= 11 is 0. The van der Waals surface area contributed by atoms with E-state index in [0.29, 0.717) is 30.9 Å². The molecule has 2 rings (SSSR count). The molecule has 6 heteroatoms. The number of nitrogens with zero attached hydrogens (tertiary/aromatic N) is 1. The highest BCUT2D eigenvalue weighted by atomic mass is 16.5. The molecule has 0 atom stereocenters. The van der Waals surface area contributed by atoms with E-state index >= 15 is 0 Å². The zero-order chi connectivity index (χ0) is 19.6. The lowest BCUT2D eigenvalue weighted by Gasteiger charge is -2.17. The Morgan fingerprint density at radius 2 is 1.67 bits per heavy atom. The van der Waals surface area contributed by atoms with Gasteiger partial charge in [0.25, 0.3) is 0 Å². The number of carbonyl (C=O) groups excluding carboxylic acids is 2. The summed E-state index contributed by atoms with van der Waals surface area (Å²) in [6.07, 6.45) is 0.853. The maximum absolute atomic E-state index is 12.2. The molecule has 0 spiro atoms. The molecular formula is C21H26N2O4. The van der Waals surface area contributed by atoms with Crippen molar-refractivity contribution >= 4 is 11.8 Å². The predicted octanol–water partition coefficient (Wildman–Crippen LogP) is 2.41. The highest BCUT2D eigenvalue weighted by Gasteiger charge is 2.11. The molecule has 2 amide bonds. The van der Waals surface area contributed by atoms with Gasteiger partial charge in [0, 0.05) is 20.0 Å². The summed E-state index contributed by atoms with van der Waals surface area (Å²) in [5, 5.41) is 2.68. The Balaban J connectivity index is 1.76. The molecule has 0 aromatic heterocycles. The minimum absolute atomic E-state index is 0.00585. The predicted molar refractivity (Wildman–Crippen MR) is 104 cm³/mol. The van der Waals surface area contributed by atoms with Crippen LogP contribution in [0.25, 0.3) is 0 Å². The third-order valence-corrected chi connectivity index (χ3v) is 4.21. The maximum Gasteiger partial charge on any atom is 0.242 e. The van der Waals surface area contributed by atoms with E-state index in [0.717, 1.165) is 11.1 Å². The van der Waals surface area contributed by atoms with Crippen molar-refractivity contribution in [2.75, 3.05) is 27.8 Å². The first-order valence-corrected chi connectivity index (χ1v) is 8.79. The minimum Gasteiger partial charge on any atom is -0.493 e. The van der Waals surface area contributed by atoms with E-state index < -0.39 is 0 Å². The number of carbonyl (C=O) groups is 2. The average Bonchev–Trinajstić information content (AvgIpc) is 2.70. The van der Waals surface area contributed by atoms with Gasteiger partial charge in [-0.25, -0.2) is 0 Å². The fourth-order valence-corrected chi connectivity index (χ4v) is 2.64. The van der Waals surface area contributed by atoms with Crippen LogP contribution in [0.3, 0.4) is 0 Å². The molecule has 0 saturated heterocycles. The average molecular weight is 370 g/mol. The lowest BCUT2D eigenvalue weighted by molar-refractivity contribution is -0.132. The summed E-state index contributed by atoms with van der Waals surface area (Å²) in [7, 11) is 4.88. The van der Waals surface area contributed by atoms with Crippen molar-refractivity contribution in [3.05, 3.63) is 59.7 Å². The van der Waals surface area contributed by atoms with Crippen molar-refractivity contribution in [3.63, 3.8) is 0 Å². The summed E-state index contributed by atoms with van der Waals surface area (Å²) < 4.78 is 10.5. The molecule has 0 unspecified atom stereocenters. The number of hydrogen-bond donors (Lipinski definition) is 1. The molecule has 1 N–H and O–H groups in total. The number of benzene rings is 2. The van der Waals surface area contributed by atoms with Crippen LogP contribution < -0.4 is 14.8 Å². The molecule has 0 saturated carbocycles. The van der Waals surface area contributed by atoms with Crippen molar-refractivity contribution in [3.8, 4) is 11.5 Å². The van der Waals surface area contributed by atoms with Gasteiger partial charge >= 0.3 is 0 Å². The Bertz CT molecular complexity index is 762. The molecule has 0 aliphatic carbocycles. The molecule has 0 fully saturated rings. The number of likely N-dealkylation sites (N-methyl/N-ethyl adjacent to an activating group) is 1. The van der Waals surface area contributed by atoms with Crippen molar-refractivity contribution in [2.24, 2.45) is 0 Å². The first kappa shape index (κ1) is 20.3. The third kappa shape index (κ3) is 6.33. The molecule has 0 bridgehead atoms. The number of ether oxygens (including phenoxy) is 2. The highest BCUT2D eigenvalue weighted by Crippen LogP contribution is 2.27. The molecule has 0 radical (unpaired) electrons. The van der Waals surface area contributed by atoms with Gasteiger partial charge in [0.1, 0.15) is 0 Å². The first-order valence-electron chi connectivity index (χ1n) is 8.79. The Labute approximate surface area is 160 Å². The first-order chi connectivity index (χ1) is 13.0. The zero-order valence-electron chi connectivity index (χ0n) is 16.0. The van der Waals surface area contributed by atoms with E-state index in [2.05, 4.69) is 5.32 Å². The Kier molecular flexibility index (Phi) is 7.67. The standard InChI is InChI=1S/C21H26N2O4/c1-23(15-17-7-5-4-6-8-17)21(25)14-22-20(24)12-10-16-9-11-18(26-2)19(13-16)27-3/h4-9,11,13H,10,12,14-15H2,1-3H3,(H,22,24). The number of amides is 2. The van der Waals surface area contributed by atoms with Crippen LogP contribution in [0.1, 0.15) is 17.5 Å². The van der Waals surface area contributed by atoms with Crippen molar-refractivity contribution in [2.45, 2.75) is 19.4 Å². The van der Waals surface area contributed by atoms with E-state index in [4.69, 9.17) is 9.47 Å². The third-order valence-electron chi connectivity index (χ3n) is 4.21. The second-order valence-electron chi connectivity index (χ2n) is 6.20. The Hall–Kier alpha value is -3.02. The van der Waals surface area contributed by atoms with Gasteiger partial charge in [-0.05, 0) is 29.7 Å². The number of methoxy groups -OCH3 is 2. The maximum atomic E-state index is 12.2. The molecule has 27 heavy (non-hydrogen) atoms. The fraction of sp³-hybridized carbons (Fsp3) is 0.333. The largest absolute Gasteiger partial charge is 0.493 e. The summed E-state index contributed by atoms with van der Waals surface area (Å²) in [4.78, 5) is 25.8. The van der Waals surface area contributed by atoms with Crippen LogP contribution in [0.2, 0.25) is 0 Å². The minimum atomic E-state index is -0.161. The topological polar surface area (TPSA) is 67.9 Å². The summed E-state index contributed by atoms with van der Waals surface area (Å²) in [6, 6.07) is 15.3. The highest BCUT2D eigenvalue weighted by molar-refractivity contribution is 5.84. The van der Waals surface area contributed by atoms with E-state index in [1.54, 1.807) is 26.2 Å². The van der Waals surface area contributed by atoms with Gasteiger partial charge < -0.3 is 19.7 Å². The smallest absolute Gasteiger partial charge is 0.242 e. The van der Waals surface area contributed by atoms with Crippen LogP contribution in [0.5, 0.6) is 11.5 Å². The lowest BCUT2D eigenvalue weighted by atomic mass is 10.1.